The maximum atomic E-state index is 11.7. The molecule has 5 atom stereocenters. The largest absolute Gasteiger partial charge is 0.469 e. The highest BCUT2D eigenvalue weighted by atomic mass is 16.5. The van der Waals surface area contributed by atoms with Gasteiger partial charge >= 0.3 is 5.97 Å². The van der Waals surface area contributed by atoms with E-state index in [0.29, 0.717) is 12.3 Å². The number of Topliss-reactive ketones (excluding diaryl/α,β-unsaturated/α-hetero) is 1. The summed E-state index contributed by atoms with van der Waals surface area (Å²) < 4.78 is 4.81. The molecule has 1 aliphatic rings. The van der Waals surface area contributed by atoms with E-state index >= 15 is 0 Å². The van der Waals surface area contributed by atoms with Crippen molar-refractivity contribution in [2.75, 3.05) is 7.11 Å². The fourth-order valence-corrected chi connectivity index (χ4v) is 3.55. The lowest BCUT2D eigenvalue weighted by Gasteiger charge is -2.41. The first-order chi connectivity index (χ1) is 9.42. The van der Waals surface area contributed by atoms with Gasteiger partial charge in [-0.2, -0.15) is 0 Å². The van der Waals surface area contributed by atoms with Crippen molar-refractivity contribution in [1.29, 1.82) is 0 Å². The number of rotatable bonds is 6. The van der Waals surface area contributed by atoms with Gasteiger partial charge < -0.3 is 14.3 Å². The molecular weight excluding hydrogens is 256 g/mol. The van der Waals surface area contributed by atoms with Crippen LogP contribution in [0.15, 0.2) is 0 Å². The topological polar surface area (TPSA) is 60.4 Å². The fraction of sp³-hybridized carbons (Fsp3) is 0.812. The third-order valence-corrected chi connectivity index (χ3v) is 4.88. The van der Waals surface area contributed by atoms with Crippen LogP contribution in [0.5, 0.6) is 0 Å². The Morgan fingerprint density at radius 1 is 1.35 bits per heavy atom. The molecule has 0 aromatic heterocycles. The Balaban J connectivity index is 2.84. The molecule has 0 radical (unpaired) electrons. The summed E-state index contributed by atoms with van der Waals surface area (Å²) in [4.78, 5) is 34.5. The number of hydrogen-bond acceptors (Lipinski definition) is 4. The molecule has 114 valence electrons. The van der Waals surface area contributed by atoms with Crippen molar-refractivity contribution in [1.82, 2.24) is 0 Å². The molecule has 4 heteroatoms. The Morgan fingerprint density at radius 2 is 2.00 bits per heavy atom. The Hall–Kier alpha value is -1.19. The molecule has 4 nitrogen and oxygen atoms in total. The van der Waals surface area contributed by atoms with Crippen LogP contribution in [0.2, 0.25) is 0 Å². The first kappa shape index (κ1) is 16.9. The SMILES string of the molecule is COC(=O)[C@H](C)[C@@H]1CC[C@@H](C)[C@H](CCC(C)=O)[C@@H]1C=O. The molecule has 0 aliphatic heterocycles. The van der Waals surface area contributed by atoms with Gasteiger partial charge in [0, 0.05) is 12.3 Å². The van der Waals surface area contributed by atoms with Gasteiger partial charge in [0.1, 0.15) is 12.1 Å². The van der Waals surface area contributed by atoms with E-state index in [1.54, 1.807) is 6.92 Å². The first-order valence-corrected chi connectivity index (χ1v) is 7.44. The van der Waals surface area contributed by atoms with Crippen LogP contribution in [-0.4, -0.2) is 25.1 Å². The summed E-state index contributed by atoms with van der Waals surface area (Å²) in [6.07, 6.45) is 4.11. The monoisotopic (exact) mass is 282 g/mol. The molecule has 0 aromatic rings. The van der Waals surface area contributed by atoms with Crippen LogP contribution < -0.4 is 0 Å². The molecule has 0 aromatic carbocycles. The van der Waals surface area contributed by atoms with E-state index in [1.807, 2.05) is 6.92 Å². The second-order valence-electron chi connectivity index (χ2n) is 6.15. The highest BCUT2D eigenvalue weighted by Crippen LogP contribution is 2.43. The Bertz CT molecular complexity index is 363. The summed E-state index contributed by atoms with van der Waals surface area (Å²) in [5, 5.41) is 0. The number of carbonyl (C=O) groups excluding carboxylic acids is 3. The predicted molar refractivity (Wildman–Crippen MR) is 76.0 cm³/mol. The predicted octanol–water partition coefficient (Wildman–Crippen LogP) is 2.64. The van der Waals surface area contributed by atoms with Gasteiger partial charge in [-0.15, -0.1) is 0 Å². The molecule has 1 rings (SSSR count). The second-order valence-corrected chi connectivity index (χ2v) is 6.15. The minimum atomic E-state index is -0.262. The average molecular weight is 282 g/mol. The molecule has 0 heterocycles. The van der Waals surface area contributed by atoms with Crippen LogP contribution in [0.3, 0.4) is 0 Å². The summed E-state index contributed by atoms with van der Waals surface area (Å²) >= 11 is 0. The molecule has 1 aliphatic carbocycles. The number of aldehydes is 1. The zero-order valence-corrected chi connectivity index (χ0v) is 12.9. The number of ether oxygens (including phenoxy) is 1. The molecule has 0 spiro atoms. The lowest BCUT2D eigenvalue weighted by Crippen LogP contribution is -2.40. The maximum Gasteiger partial charge on any atom is 0.308 e. The molecule has 0 amide bonds. The van der Waals surface area contributed by atoms with Gasteiger partial charge in [0.2, 0.25) is 0 Å². The van der Waals surface area contributed by atoms with Gasteiger partial charge in [-0.05, 0) is 37.5 Å². The average Bonchev–Trinajstić information content (AvgIpc) is 2.43. The van der Waals surface area contributed by atoms with E-state index in [2.05, 4.69) is 6.92 Å². The quantitative estimate of drug-likeness (QED) is 0.555. The zero-order valence-electron chi connectivity index (χ0n) is 12.9. The van der Waals surface area contributed by atoms with Gasteiger partial charge in [0.05, 0.1) is 13.0 Å². The van der Waals surface area contributed by atoms with E-state index in [9.17, 15) is 14.4 Å². The smallest absolute Gasteiger partial charge is 0.308 e. The van der Waals surface area contributed by atoms with Crippen molar-refractivity contribution >= 4 is 18.0 Å². The van der Waals surface area contributed by atoms with Crippen LogP contribution in [-0.2, 0) is 19.1 Å². The Morgan fingerprint density at radius 3 is 2.50 bits per heavy atom. The van der Waals surface area contributed by atoms with Crippen molar-refractivity contribution in [2.24, 2.45) is 29.6 Å². The van der Waals surface area contributed by atoms with Crippen LogP contribution >= 0.6 is 0 Å². The van der Waals surface area contributed by atoms with Gasteiger partial charge in [0.25, 0.3) is 0 Å². The van der Waals surface area contributed by atoms with Crippen LogP contribution in [0.25, 0.3) is 0 Å². The van der Waals surface area contributed by atoms with Crippen molar-refractivity contribution in [3.8, 4) is 0 Å². The van der Waals surface area contributed by atoms with Gasteiger partial charge in [-0.25, -0.2) is 0 Å². The number of methoxy groups -OCH3 is 1. The van der Waals surface area contributed by atoms with E-state index in [1.165, 1.54) is 7.11 Å². The van der Waals surface area contributed by atoms with Gasteiger partial charge in [-0.1, -0.05) is 20.3 Å². The zero-order chi connectivity index (χ0) is 15.3. The number of carbonyl (C=O) groups is 3. The number of esters is 1. The number of hydrogen-bond donors (Lipinski definition) is 0. The molecule has 0 bridgehead atoms. The molecule has 0 unspecified atom stereocenters. The summed E-state index contributed by atoms with van der Waals surface area (Å²) in [6.45, 7) is 5.56. The fourth-order valence-electron chi connectivity index (χ4n) is 3.55. The minimum Gasteiger partial charge on any atom is -0.469 e. The third-order valence-electron chi connectivity index (χ3n) is 4.88. The van der Waals surface area contributed by atoms with Crippen LogP contribution in [0.4, 0.5) is 0 Å². The molecule has 0 N–H and O–H groups in total. The van der Waals surface area contributed by atoms with Crippen LogP contribution in [0, 0.1) is 29.6 Å². The van der Waals surface area contributed by atoms with Crippen molar-refractivity contribution < 1.29 is 19.1 Å². The minimum absolute atomic E-state index is 0.0353. The van der Waals surface area contributed by atoms with E-state index in [-0.39, 0.29) is 35.4 Å². The van der Waals surface area contributed by atoms with Crippen LogP contribution in [0.1, 0.15) is 46.5 Å². The summed E-state index contributed by atoms with van der Waals surface area (Å²) in [5.74, 6) is 0.155. The highest BCUT2D eigenvalue weighted by Gasteiger charge is 2.41. The normalized spacial score (nSPS) is 31.4. The molecule has 1 saturated carbocycles. The number of ketones is 1. The van der Waals surface area contributed by atoms with Gasteiger partial charge in [-0.3, -0.25) is 4.79 Å². The lowest BCUT2D eigenvalue weighted by atomic mass is 9.63. The Kier molecular flexibility index (Phi) is 6.37. The van der Waals surface area contributed by atoms with E-state index in [0.717, 1.165) is 25.5 Å². The molecule has 0 saturated heterocycles. The summed E-state index contributed by atoms with van der Waals surface area (Å²) in [7, 11) is 1.38. The van der Waals surface area contributed by atoms with Gasteiger partial charge in [0.15, 0.2) is 0 Å². The Labute approximate surface area is 121 Å². The lowest BCUT2D eigenvalue weighted by molar-refractivity contribution is -0.149. The second kappa shape index (κ2) is 7.55. The first-order valence-electron chi connectivity index (χ1n) is 7.44. The molecule has 1 fully saturated rings. The van der Waals surface area contributed by atoms with E-state index < -0.39 is 0 Å². The van der Waals surface area contributed by atoms with Crippen molar-refractivity contribution in [3.05, 3.63) is 0 Å². The molecule has 20 heavy (non-hydrogen) atoms. The molecular formula is C16H26O4. The summed E-state index contributed by atoms with van der Waals surface area (Å²) in [6, 6.07) is 0. The summed E-state index contributed by atoms with van der Waals surface area (Å²) in [5.41, 5.74) is 0. The van der Waals surface area contributed by atoms with E-state index in [4.69, 9.17) is 4.74 Å². The maximum absolute atomic E-state index is 11.7. The standard InChI is InChI=1S/C16H26O4/c1-10-5-7-14(12(3)16(19)20-4)15(9-17)13(10)8-6-11(2)18/h9-10,12-15H,5-8H2,1-4H3/t10-,12-,13+,14+,15+/m1/s1. The third kappa shape index (κ3) is 3.90. The van der Waals surface area contributed by atoms with Crippen molar-refractivity contribution in [2.45, 2.75) is 46.5 Å². The van der Waals surface area contributed by atoms with Crippen molar-refractivity contribution in [3.63, 3.8) is 0 Å². The highest BCUT2D eigenvalue weighted by molar-refractivity contribution is 5.75.